The van der Waals surface area contributed by atoms with Crippen molar-refractivity contribution < 1.29 is 9.21 Å². The Morgan fingerprint density at radius 1 is 1.00 bits per heavy atom. The Bertz CT molecular complexity index is 700. The van der Waals surface area contributed by atoms with Crippen molar-refractivity contribution in [1.82, 2.24) is 10.3 Å². The van der Waals surface area contributed by atoms with Crippen LogP contribution in [-0.2, 0) is 11.2 Å². The standard InChI is InChI=1S/C20H20N2O2/c23-20(21-12-11-18-14-24-15-22-18)13-19(16-7-3-1-4-8-16)17-9-5-2-6-10-17/h1-10,14-15,19H,11-13H2,(H,21,23). The van der Waals surface area contributed by atoms with Crippen molar-refractivity contribution in [1.29, 1.82) is 0 Å². The summed E-state index contributed by atoms with van der Waals surface area (Å²) in [5.41, 5.74) is 3.14. The van der Waals surface area contributed by atoms with Gasteiger partial charge in [0.1, 0.15) is 6.26 Å². The summed E-state index contributed by atoms with van der Waals surface area (Å²) in [6, 6.07) is 20.3. The van der Waals surface area contributed by atoms with Gasteiger partial charge >= 0.3 is 0 Å². The molecule has 122 valence electrons. The minimum absolute atomic E-state index is 0.0381. The Hall–Kier alpha value is -2.88. The lowest BCUT2D eigenvalue weighted by molar-refractivity contribution is -0.121. The van der Waals surface area contributed by atoms with E-state index in [4.69, 9.17) is 4.42 Å². The van der Waals surface area contributed by atoms with E-state index < -0.39 is 0 Å². The quantitative estimate of drug-likeness (QED) is 0.724. The van der Waals surface area contributed by atoms with Gasteiger partial charge < -0.3 is 9.73 Å². The van der Waals surface area contributed by atoms with Gasteiger partial charge in [-0.15, -0.1) is 0 Å². The largest absolute Gasteiger partial charge is 0.451 e. The van der Waals surface area contributed by atoms with Gasteiger partial charge in [0.05, 0.1) is 5.69 Å². The van der Waals surface area contributed by atoms with Crippen LogP contribution in [0.3, 0.4) is 0 Å². The van der Waals surface area contributed by atoms with Crippen LogP contribution >= 0.6 is 0 Å². The average molecular weight is 320 g/mol. The van der Waals surface area contributed by atoms with E-state index >= 15 is 0 Å². The molecular formula is C20H20N2O2. The molecule has 1 aromatic heterocycles. The molecule has 1 amide bonds. The fourth-order valence-electron chi connectivity index (χ4n) is 2.75. The third-order valence-electron chi connectivity index (χ3n) is 3.98. The molecule has 2 aromatic carbocycles. The monoisotopic (exact) mass is 320 g/mol. The van der Waals surface area contributed by atoms with Crippen LogP contribution in [0.5, 0.6) is 0 Å². The van der Waals surface area contributed by atoms with Crippen LogP contribution in [0.4, 0.5) is 0 Å². The molecule has 24 heavy (non-hydrogen) atoms. The predicted molar refractivity (Wildman–Crippen MR) is 92.6 cm³/mol. The molecule has 0 bridgehead atoms. The lowest BCUT2D eigenvalue weighted by Crippen LogP contribution is -2.27. The highest BCUT2D eigenvalue weighted by Crippen LogP contribution is 2.27. The highest BCUT2D eigenvalue weighted by atomic mass is 16.3. The van der Waals surface area contributed by atoms with Gasteiger partial charge in [0, 0.05) is 25.3 Å². The third kappa shape index (κ3) is 4.32. The number of carbonyl (C=O) groups excluding carboxylic acids is 1. The average Bonchev–Trinajstić information content (AvgIpc) is 3.15. The number of benzene rings is 2. The van der Waals surface area contributed by atoms with Crippen molar-refractivity contribution in [3.05, 3.63) is 90.1 Å². The first-order valence-electron chi connectivity index (χ1n) is 8.06. The molecule has 0 aliphatic carbocycles. The number of amides is 1. The number of nitrogens with one attached hydrogen (secondary N) is 1. The second-order valence-corrected chi connectivity index (χ2v) is 5.66. The second-order valence-electron chi connectivity index (χ2n) is 5.66. The molecule has 3 aromatic rings. The maximum atomic E-state index is 12.4. The zero-order valence-corrected chi connectivity index (χ0v) is 13.4. The summed E-state index contributed by atoms with van der Waals surface area (Å²) in [4.78, 5) is 16.4. The van der Waals surface area contributed by atoms with E-state index in [0.29, 0.717) is 19.4 Å². The van der Waals surface area contributed by atoms with Crippen LogP contribution < -0.4 is 5.32 Å². The van der Waals surface area contributed by atoms with Gasteiger partial charge in [-0.3, -0.25) is 4.79 Å². The Labute approximate surface area is 141 Å². The van der Waals surface area contributed by atoms with Gasteiger partial charge in [-0.05, 0) is 11.1 Å². The summed E-state index contributed by atoms with van der Waals surface area (Å²) in [7, 11) is 0. The number of rotatable bonds is 7. The molecule has 4 heteroatoms. The van der Waals surface area contributed by atoms with Gasteiger partial charge in [-0.25, -0.2) is 4.98 Å². The number of carbonyl (C=O) groups is 1. The van der Waals surface area contributed by atoms with E-state index in [2.05, 4.69) is 34.6 Å². The first-order chi connectivity index (χ1) is 11.8. The fourth-order valence-corrected chi connectivity index (χ4v) is 2.75. The van der Waals surface area contributed by atoms with E-state index in [1.807, 2.05) is 36.4 Å². The maximum Gasteiger partial charge on any atom is 0.220 e. The molecule has 0 spiro atoms. The van der Waals surface area contributed by atoms with E-state index in [1.54, 1.807) is 6.26 Å². The summed E-state index contributed by atoms with van der Waals surface area (Å²) in [5, 5.41) is 2.97. The molecule has 0 atom stereocenters. The van der Waals surface area contributed by atoms with Gasteiger partial charge in [0.25, 0.3) is 0 Å². The first kappa shape index (κ1) is 16.0. The molecule has 0 unspecified atom stereocenters. The minimum atomic E-state index is 0.0381. The number of hydrogen-bond donors (Lipinski definition) is 1. The zero-order chi connectivity index (χ0) is 16.6. The third-order valence-corrected chi connectivity index (χ3v) is 3.98. The molecule has 0 saturated carbocycles. The van der Waals surface area contributed by atoms with Crippen molar-refractivity contribution in [3.8, 4) is 0 Å². The van der Waals surface area contributed by atoms with Gasteiger partial charge in [0.15, 0.2) is 6.39 Å². The smallest absolute Gasteiger partial charge is 0.220 e. The van der Waals surface area contributed by atoms with Crippen molar-refractivity contribution in [3.63, 3.8) is 0 Å². The first-order valence-corrected chi connectivity index (χ1v) is 8.06. The highest BCUT2D eigenvalue weighted by molar-refractivity contribution is 5.77. The Balaban J connectivity index is 1.64. The normalized spacial score (nSPS) is 10.7. The minimum Gasteiger partial charge on any atom is -0.451 e. The number of nitrogens with zero attached hydrogens (tertiary/aromatic N) is 1. The summed E-state index contributed by atoms with van der Waals surface area (Å²) in [6.45, 7) is 0.557. The molecule has 1 heterocycles. The predicted octanol–water partition coefficient (Wildman–Crippen LogP) is 3.56. The number of aromatic nitrogens is 1. The van der Waals surface area contributed by atoms with Crippen LogP contribution in [-0.4, -0.2) is 17.4 Å². The molecule has 0 aliphatic heterocycles. The SMILES string of the molecule is O=C(CC(c1ccccc1)c1ccccc1)NCCc1cocn1. The molecule has 3 rings (SSSR count). The van der Waals surface area contributed by atoms with Crippen molar-refractivity contribution in [2.45, 2.75) is 18.8 Å². The second kappa shape index (κ2) is 8.11. The van der Waals surface area contributed by atoms with Crippen molar-refractivity contribution in [2.75, 3.05) is 6.54 Å². The number of hydrogen-bond acceptors (Lipinski definition) is 3. The zero-order valence-electron chi connectivity index (χ0n) is 13.4. The van der Waals surface area contributed by atoms with Crippen molar-refractivity contribution >= 4 is 5.91 Å². The van der Waals surface area contributed by atoms with E-state index in [1.165, 1.54) is 6.39 Å². The Morgan fingerprint density at radius 2 is 1.62 bits per heavy atom. The number of oxazole rings is 1. The summed E-state index contributed by atoms with van der Waals surface area (Å²) < 4.78 is 4.93. The lowest BCUT2D eigenvalue weighted by Gasteiger charge is -2.17. The van der Waals surface area contributed by atoms with Gasteiger partial charge in [-0.2, -0.15) is 0 Å². The van der Waals surface area contributed by atoms with E-state index in [0.717, 1.165) is 16.8 Å². The lowest BCUT2D eigenvalue weighted by atomic mass is 9.88. The Kier molecular flexibility index (Phi) is 5.40. The molecule has 0 aliphatic rings. The van der Waals surface area contributed by atoms with Crippen LogP contribution in [0.25, 0.3) is 0 Å². The molecule has 1 N–H and O–H groups in total. The van der Waals surface area contributed by atoms with Crippen LogP contribution in [0.2, 0.25) is 0 Å². The maximum absolute atomic E-state index is 12.4. The Morgan fingerprint density at radius 3 is 2.17 bits per heavy atom. The van der Waals surface area contributed by atoms with Crippen LogP contribution in [0.15, 0.2) is 77.7 Å². The molecule has 4 nitrogen and oxygen atoms in total. The summed E-state index contributed by atoms with van der Waals surface area (Å²) in [5.74, 6) is 0.0932. The molecular weight excluding hydrogens is 300 g/mol. The summed E-state index contributed by atoms with van der Waals surface area (Å²) in [6.07, 6.45) is 4.09. The fraction of sp³-hybridized carbons (Fsp3) is 0.200. The van der Waals surface area contributed by atoms with Crippen LogP contribution in [0.1, 0.15) is 29.2 Å². The van der Waals surface area contributed by atoms with E-state index in [-0.39, 0.29) is 11.8 Å². The van der Waals surface area contributed by atoms with Crippen LogP contribution in [0, 0.1) is 0 Å². The highest BCUT2D eigenvalue weighted by Gasteiger charge is 2.17. The van der Waals surface area contributed by atoms with Crippen molar-refractivity contribution in [2.24, 2.45) is 0 Å². The molecule has 0 radical (unpaired) electrons. The molecule has 0 saturated heterocycles. The van der Waals surface area contributed by atoms with Gasteiger partial charge in [0.2, 0.25) is 5.91 Å². The summed E-state index contributed by atoms with van der Waals surface area (Å²) >= 11 is 0. The van der Waals surface area contributed by atoms with E-state index in [9.17, 15) is 4.79 Å². The molecule has 0 fully saturated rings. The topological polar surface area (TPSA) is 55.1 Å². The van der Waals surface area contributed by atoms with Gasteiger partial charge in [-0.1, -0.05) is 60.7 Å².